The maximum absolute atomic E-state index is 9.89. The van der Waals surface area contributed by atoms with Crippen LogP contribution in [-0.2, 0) is 6.42 Å². The Kier molecular flexibility index (Phi) is 5.54. The molecule has 1 N–H and O–H groups in total. The van der Waals surface area contributed by atoms with Crippen LogP contribution in [0.5, 0.6) is 0 Å². The van der Waals surface area contributed by atoms with Gasteiger partial charge in [-0.3, -0.25) is 0 Å². The third-order valence-electron chi connectivity index (χ3n) is 3.18. The Labute approximate surface area is 99.5 Å². The molecule has 0 fully saturated rings. The molecular weight excluding hydrogens is 196 g/mol. The molecule has 0 aliphatic rings. The van der Waals surface area contributed by atoms with Gasteiger partial charge >= 0.3 is 0 Å². The molecule has 0 saturated carbocycles. The van der Waals surface area contributed by atoms with Gasteiger partial charge in [-0.2, -0.15) is 0 Å². The lowest BCUT2D eigenvalue weighted by Gasteiger charge is -2.11. The zero-order valence-electron chi connectivity index (χ0n) is 10.8. The minimum absolute atomic E-state index is 0.173. The topological polar surface area (TPSA) is 20.2 Å². The first kappa shape index (κ1) is 13.2. The van der Waals surface area contributed by atoms with Crippen molar-refractivity contribution in [2.24, 2.45) is 0 Å². The van der Waals surface area contributed by atoms with E-state index >= 15 is 0 Å². The Morgan fingerprint density at radius 1 is 1.12 bits per heavy atom. The van der Waals surface area contributed by atoms with Crippen LogP contribution in [0.25, 0.3) is 0 Å². The smallest absolute Gasteiger partial charge is 0.0580 e. The van der Waals surface area contributed by atoms with Crippen molar-refractivity contribution >= 4 is 0 Å². The van der Waals surface area contributed by atoms with Crippen LogP contribution >= 0.6 is 0 Å². The fourth-order valence-electron chi connectivity index (χ4n) is 1.93. The zero-order chi connectivity index (χ0) is 12.0. The molecule has 90 valence electrons. The van der Waals surface area contributed by atoms with Gasteiger partial charge in [0.2, 0.25) is 0 Å². The van der Waals surface area contributed by atoms with Crippen LogP contribution in [0.3, 0.4) is 0 Å². The molecule has 1 aromatic carbocycles. The van der Waals surface area contributed by atoms with Crippen molar-refractivity contribution in [1.82, 2.24) is 0 Å². The molecule has 16 heavy (non-hydrogen) atoms. The largest absolute Gasteiger partial charge is 0.393 e. The van der Waals surface area contributed by atoms with E-state index in [4.69, 9.17) is 0 Å². The summed E-state index contributed by atoms with van der Waals surface area (Å²) in [5.41, 5.74) is 3.90. The summed E-state index contributed by atoms with van der Waals surface area (Å²) in [6.07, 6.45) is 5.14. The monoisotopic (exact) mass is 220 g/mol. The minimum atomic E-state index is -0.173. The Bertz CT molecular complexity index is 317. The van der Waals surface area contributed by atoms with Crippen molar-refractivity contribution in [1.29, 1.82) is 0 Å². The predicted octanol–water partition coefficient (Wildman–Crippen LogP) is 3.79. The quantitative estimate of drug-likeness (QED) is 0.723. The maximum atomic E-state index is 9.89. The molecule has 0 saturated heterocycles. The van der Waals surface area contributed by atoms with Crippen LogP contribution in [0.15, 0.2) is 18.2 Å². The first-order valence-electron chi connectivity index (χ1n) is 6.37. The molecule has 0 aliphatic heterocycles. The summed E-state index contributed by atoms with van der Waals surface area (Å²) in [5, 5.41) is 9.89. The van der Waals surface area contributed by atoms with Gasteiger partial charge in [0.05, 0.1) is 6.10 Å². The van der Waals surface area contributed by atoms with Gasteiger partial charge in [0, 0.05) is 0 Å². The number of unbranched alkanes of at least 4 members (excludes halogenated alkanes) is 2. The van der Waals surface area contributed by atoms with E-state index in [0.29, 0.717) is 0 Å². The summed E-state index contributed by atoms with van der Waals surface area (Å²) in [5.74, 6) is 0. The third-order valence-corrected chi connectivity index (χ3v) is 3.18. The van der Waals surface area contributed by atoms with Gasteiger partial charge in [0.25, 0.3) is 0 Å². The molecule has 0 radical (unpaired) electrons. The van der Waals surface area contributed by atoms with Crippen LogP contribution in [0, 0.1) is 13.8 Å². The van der Waals surface area contributed by atoms with E-state index in [1.54, 1.807) is 0 Å². The van der Waals surface area contributed by atoms with Crippen molar-refractivity contribution in [2.45, 2.75) is 59.0 Å². The van der Waals surface area contributed by atoms with E-state index in [-0.39, 0.29) is 6.10 Å². The molecule has 1 rings (SSSR count). The molecular formula is C15H24O. The van der Waals surface area contributed by atoms with Gasteiger partial charge in [0.1, 0.15) is 0 Å². The standard InChI is InChI=1S/C15H24O/c1-4-5-6-7-15(16)11-14-9-8-12(2)13(3)10-14/h8-10,15-16H,4-7,11H2,1-3H3. The van der Waals surface area contributed by atoms with Crippen LogP contribution in [0.1, 0.15) is 49.3 Å². The van der Waals surface area contributed by atoms with Gasteiger partial charge in [-0.05, 0) is 43.4 Å². The fourth-order valence-corrected chi connectivity index (χ4v) is 1.93. The number of aliphatic hydroxyl groups is 1. The highest BCUT2D eigenvalue weighted by Crippen LogP contribution is 2.14. The van der Waals surface area contributed by atoms with Gasteiger partial charge < -0.3 is 5.11 Å². The lowest BCUT2D eigenvalue weighted by Crippen LogP contribution is -2.10. The van der Waals surface area contributed by atoms with Crippen LogP contribution in [-0.4, -0.2) is 11.2 Å². The second-order valence-corrected chi connectivity index (χ2v) is 4.77. The van der Waals surface area contributed by atoms with Crippen molar-refractivity contribution in [3.63, 3.8) is 0 Å². The molecule has 0 heterocycles. The summed E-state index contributed by atoms with van der Waals surface area (Å²) in [6.45, 7) is 6.44. The van der Waals surface area contributed by atoms with E-state index in [1.165, 1.54) is 29.5 Å². The Hall–Kier alpha value is -0.820. The summed E-state index contributed by atoms with van der Waals surface area (Å²) in [4.78, 5) is 0. The summed E-state index contributed by atoms with van der Waals surface area (Å²) in [6, 6.07) is 6.47. The van der Waals surface area contributed by atoms with E-state index < -0.39 is 0 Å². The highest BCUT2D eigenvalue weighted by molar-refractivity contribution is 5.30. The highest BCUT2D eigenvalue weighted by atomic mass is 16.3. The number of benzene rings is 1. The van der Waals surface area contributed by atoms with E-state index in [9.17, 15) is 5.11 Å². The predicted molar refractivity (Wildman–Crippen MR) is 69.8 cm³/mol. The average molecular weight is 220 g/mol. The van der Waals surface area contributed by atoms with E-state index in [1.807, 2.05) is 0 Å². The van der Waals surface area contributed by atoms with E-state index in [2.05, 4.69) is 39.0 Å². The Morgan fingerprint density at radius 2 is 1.88 bits per heavy atom. The van der Waals surface area contributed by atoms with Gasteiger partial charge in [-0.25, -0.2) is 0 Å². The molecule has 0 bridgehead atoms. The molecule has 1 heteroatoms. The number of aliphatic hydroxyl groups excluding tert-OH is 1. The Morgan fingerprint density at radius 3 is 2.50 bits per heavy atom. The first-order chi connectivity index (χ1) is 7.63. The fraction of sp³-hybridized carbons (Fsp3) is 0.600. The highest BCUT2D eigenvalue weighted by Gasteiger charge is 2.05. The molecule has 1 nitrogen and oxygen atoms in total. The maximum Gasteiger partial charge on any atom is 0.0580 e. The van der Waals surface area contributed by atoms with Crippen molar-refractivity contribution in [3.05, 3.63) is 34.9 Å². The SMILES string of the molecule is CCCCCC(O)Cc1ccc(C)c(C)c1. The van der Waals surface area contributed by atoms with Crippen LogP contribution in [0.4, 0.5) is 0 Å². The summed E-state index contributed by atoms with van der Waals surface area (Å²) >= 11 is 0. The van der Waals surface area contributed by atoms with Gasteiger partial charge in [-0.1, -0.05) is 44.4 Å². The van der Waals surface area contributed by atoms with Crippen molar-refractivity contribution in [3.8, 4) is 0 Å². The second kappa shape index (κ2) is 6.70. The van der Waals surface area contributed by atoms with Crippen molar-refractivity contribution < 1.29 is 5.11 Å². The van der Waals surface area contributed by atoms with Crippen molar-refractivity contribution in [2.75, 3.05) is 0 Å². The molecule has 0 spiro atoms. The number of aryl methyl sites for hydroxylation is 2. The van der Waals surface area contributed by atoms with Gasteiger partial charge in [0.15, 0.2) is 0 Å². The molecule has 1 unspecified atom stereocenters. The molecule has 0 amide bonds. The molecule has 0 aliphatic carbocycles. The molecule has 1 aromatic rings. The number of hydrogen-bond acceptors (Lipinski definition) is 1. The van der Waals surface area contributed by atoms with E-state index in [0.717, 1.165) is 19.3 Å². The number of rotatable bonds is 6. The average Bonchev–Trinajstić information content (AvgIpc) is 2.24. The second-order valence-electron chi connectivity index (χ2n) is 4.77. The normalized spacial score (nSPS) is 12.8. The number of hydrogen-bond donors (Lipinski definition) is 1. The van der Waals surface area contributed by atoms with Crippen LogP contribution < -0.4 is 0 Å². The first-order valence-corrected chi connectivity index (χ1v) is 6.37. The van der Waals surface area contributed by atoms with Crippen LogP contribution in [0.2, 0.25) is 0 Å². The van der Waals surface area contributed by atoms with Gasteiger partial charge in [-0.15, -0.1) is 0 Å². The Balaban J connectivity index is 2.43. The summed E-state index contributed by atoms with van der Waals surface area (Å²) in [7, 11) is 0. The third kappa shape index (κ3) is 4.36. The zero-order valence-corrected chi connectivity index (χ0v) is 10.8. The molecule has 0 aromatic heterocycles. The minimum Gasteiger partial charge on any atom is -0.393 e. The lowest BCUT2D eigenvalue weighted by atomic mass is 9.99. The summed E-state index contributed by atoms with van der Waals surface area (Å²) < 4.78 is 0. The molecule has 1 atom stereocenters. The lowest BCUT2D eigenvalue weighted by molar-refractivity contribution is 0.161.